The molecule has 0 atom stereocenters. The number of aromatic nitrogens is 2. The number of rotatable bonds is 5. The molecule has 1 aromatic carbocycles. The summed E-state index contributed by atoms with van der Waals surface area (Å²) in [5.41, 5.74) is 5.52. The van der Waals surface area contributed by atoms with Crippen molar-refractivity contribution in [2.24, 2.45) is 5.92 Å². The van der Waals surface area contributed by atoms with Crippen LogP contribution in [-0.2, 0) is 0 Å². The zero-order valence-corrected chi connectivity index (χ0v) is 21.5. The Labute approximate surface area is 204 Å². The van der Waals surface area contributed by atoms with E-state index in [4.69, 9.17) is 0 Å². The van der Waals surface area contributed by atoms with Crippen molar-refractivity contribution in [2.45, 2.75) is 73.1 Å². The number of carbonyl (C=O) groups excluding carboxylic acids is 1. The molecule has 4 rings (SSSR count). The number of nitrogens with zero attached hydrogens (tertiary/aromatic N) is 1. The molecular formula is C29H40FN3O. The lowest BCUT2D eigenvalue weighted by molar-refractivity contribution is 0.0943. The van der Waals surface area contributed by atoms with Crippen molar-refractivity contribution in [1.29, 1.82) is 0 Å². The number of carbonyl (C=O) groups is 1. The van der Waals surface area contributed by atoms with E-state index in [2.05, 4.69) is 27.4 Å². The number of hydrogen-bond donors (Lipinski definition) is 2. The maximum atomic E-state index is 13.3. The van der Waals surface area contributed by atoms with Crippen LogP contribution in [0.5, 0.6) is 0 Å². The number of pyridine rings is 1. The third kappa shape index (κ3) is 7.28. The zero-order valence-electron chi connectivity index (χ0n) is 21.5. The molecule has 0 radical (unpaired) electrons. The Balaban J connectivity index is 0.000000970. The summed E-state index contributed by atoms with van der Waals surface area (Å²) < 4.78 is 13.3. The standard InChI is InChI=1S/C25H28FN3O.2C2H6/c1-16-13-21(11-12-27-16)19-5-3-18(4-6-19)15-28-25(30)23-14-17(2)29-24(23)20-7-9-22(26)10-8-20;2*1-2/h7-14,18-19,29H,3-6,15H2,1-2H3,(H,28,30);2*1-2H3. The summed E-state index contributed by atoms with van der Waals surface area (Å²) >= 11 is 0. The smallest absolute Gasteiger partial charge is 0.253 e. The van der Waals surface area contributed by atoms with Gasteiger partial charge in [-0.15, -0.1) is 0 Å². The molecule has 1 saturated carbocycles. The fourth-order valence-corrected chi connectivity index (χ4v) is 4.47. The van der Waals surface area contributed by atoms with Gasteiger partial charge in [-0.1, -0.05) is 27.7 Å². The maximum Gasteiger partial charge on any atom is 0.253 e. The summed E-state index contributed by atoms with van der Waals surface area (Å²) in [6.07, 6.45) is 6.42. The molecule has 34 heavy (non-hydrogen) atoms. The Morgan fingerprint density at radius 3 is 2.26 bits per heavy atom. The lowest BCUT2D eigenvalue weighted by Crippen LogP contribution is -2.31. The minimum Gasteiger partial charge on any atom is -0.358 e. The van der Waals surface area contributed by atoms with E-state index in [1.807, 2.05) is 53.8 Å². The molecule has 1 aliphatic carbocycles. The lowest BCUT2D eigenvalue weighted by Gasteiger charge is -2.29. The van der Waals surface area contributed by atoms with Crippen molar-refractivity contribution in [1.82, 2.24) is 15.3 Å². The Morgan fingerprint density at radius 2 is 1.65 bits per heavy atom. The number of benzene rings is 1. The molecule has 2 aromatic heterocycles. The van der Waals surface area contributed by atoms with Gasteiger partial charge in [0.25, 0.3) is 5.91 Å². The first-order chi connectivity index (χ1) is 16.5. The fraction of sp³-hybridized carbons (Fsp3) is 0.448. The van der Waals surface area contributed by atoms with E-state index in [0.29, 0.717) is 23.9 Å². The van der Waals surface area contributed by atoms with E-state index in [1.165, 1.54) is 17.7 Å². The van der Waals surface area contributed by atoms with Crippen LogP contribution in [0.2, 0.25) is 0 Å². The minimum absolute atomic E-state index is 0.0782. The number of aromatic amines is 1. The fourth-order valence-electron chi connectivity index (χ4n) is 4.47. The van der Waals surface area contributed by atoms with Crippen LogP contribution in [0.15, 0.2) is 48.7 Å². The van der Waals surface area contributed by atoms with Gasteiger partial charge in [-0.2, -0.15) is 0 Å². The number of nitrogens with one attached hydrogen (secondary N) is 2. The molecule has 1 amide bonds. The van der Waals surface area contributed by atoms with Gasteiger partial charge in [-0.3, -0.25) is 9.78 Å². The van der Waals surface area contributed by atoms with Crippen LogP contribution in [0.25, 0.3) is 11.3 Å². The number of H-pyrrole nitrogens is 1. The molecule has 0 spiro atoms. The summed E-state index contributed by atoms with van der Waals surface area (Å²) in [6, 6.07) is 12.4. The zero-order chi connectivity index (χ0) is 25.1. The van der Waals surface area contributed by atoms with Gasteiger partial charge in [0, 0.05) is 24.1 Å². The van der Waals surface area contributed by atoms with E-state index in [9.17, 15) is 9.18 Å². The van der Waals surface area contributed by atoms with E-state index in [1.54, 1.807) is 12.1 Å². The van der Waals surface area contributed by atoms with Gasteiger partial charge in [0.05, 0.1) is 11.3 Å². The molecule has 0 bridgehead atoms. The van der Waals surface area contributed by atoms with E-state index in [0.717, 1.165) is 48.3 Å². The van der Waals surface area contributed by atoms with Gasteiger partial charge in [-0.25, -0.2) is 4.39 Å². The second-order valence-electron chi connectivity index (χ2n) is 8.41. The highest BCUT2D eigenvalue weighted by Gasteiger charge is 2.24. The summed E-state index contributed by atoms with van der Waals surface area (Å²) in [5, 5.41) is 3.12. The van der Waals surface area contributed by atoms with Gasteiger partial charge in [0.2, 0.25) is 0 Å². The number of aryl methyl sites for hydroxylation is 2. The van der Waals surface area contributed by atoms with Crippen LogP contribution < -0.4 is 5.32 Å². The van der Waals surface area contributed by atoms with Crippen molar-refractivity contribution < 1.29 is 9.18 Å². The molecule has 184 valence electrons. The summed E-state index contributed by atoms with van der Waals surface area (Å²) in [5.74, 6) is 0.731. The largest absolute Gasteiger partial charge is 0.358 e. The Morgan fingerprint density at radius 1 is 1.00 bits per heavy atom. The van der Waals surface area contributed by atoms with Crippen LogP contribution in [0.3, 0.4) is 0 Å². The number of hydrogen-bond acceptors (Lipinski definition) is 2. The van der Waals surface area contributed by atoms with Crippen molar-refractivity contribution in [3.8, 4) is 11.3 Å². The quantitative estimate of drug-likeness (QED) is 0.408. The second-order valence-corrected chi connectivity index (χ2v) is 8.41. The van der Waals surface area contributed by atoms with Crippen LogP contribution in [0.4, 0.5) is 4.39 Å². The monoisotopic (exact) mass is 465 g/mol. The van der Waals surface area contributed by atoms with Crippen molar-refractivity contribution >= 4 is 5.91 Å². The molecule has 0 aliphatic heterocycles. The van der Waals surface area contributed by atoms with Gasteiger partial charge in [0.1, 0.15) is 5.82 Å². The molecule has 0 unspecified atom stereocenters. The van der Waals surface area contributed by atoms with Gasteiger partial charge >= 0.3 is 0 Å². The van der Waals surface area contributed by atoms with Gasteiger partial charge < -0.3 is 10.3 Å². The normalized spacial score (nSPS) is 17.0. The highest BCUT2D eigenvalue weighted by Crippen LogP contribution is 2.35. The maximum absolute atomic E-state index is 13.3. The lowest BCUT2D eigenvalue weighted by atomic mass is 9.79. The Hall–Kier alpha value is -2.95. The molecular weight excluding hydrogens is 425 g/mol. The van der Waals surface area contributed by atoms with Crippen LogP contribution in [-0.4, -0.2) is 22.4 Å². The summed E-state index contributed by atoms with van der Waals surface area (Å²) in [7, 11) is 0. The summed E-state index contributed by atoms with van der Waals surface area (Å²) in [6.45, 7) is 12.6. The average molecular weight is 466 g/mol. The Bertz CT molecular complexity index is 1020. The van der Waals surface area contributed by atoms with Crippen LogP contribution >= 0.6 is 0 Å². The van der Waals surface area contributed by atoms with Gasteiger partial charge in [-0.05, 0) is 105 Å². The highest BCUT2D eigenvalue weighted by atomic mass is 19.1. The van der Waals surface area contributed by atoms with Crippen molar-refractivity contribution in [3.63, 3.8) is 0 Å². The SMILES string of the molecule is CC.CC.Cc1cc(C2CCC(CNC(=O)c3cc(C)[nH]c3-c3ccc(F)cc3)CC2)ccn1. The van der Waals surface area contributed by atoms with Crippen LogP contribution in [0.1, 0.15) is 86.6 Å². The van der Waals surface area contributed by atoms with E-state index in [-0.39, 0.29) is 11.7 Å². The van der Waals surface area contributed by atoms with Crippen molar-refractivity contribution in [3.05, 3.63) is 77.0 Å². The minimum atomic E-state index is -0.287. The first-order valence-corrected chi connectivity index (χ1v) is 12.7. The molecule has 4 nitrogen and oxygen atoms in total. The highest BCUT2D eigenvalue weighted by molar-refractivity contribution is 6.00. The van der Waals surface area contributed by atoms with E-state index >= 15 is 0 Å². The van der Waals surface area contributed by atoms with E-state index < -0.39 is 0 Å². The molecule has 0 saturated heterocycles. The topological polar surface area (TPSA) is 57.8 Å². The van der Waals surface area contributed by atoms with Gasteiger partial charge in [0.15, 0.2) is 0 Å². The first-order valence-electron chi connectivity index (χ1n) is 12.7. The van der Waals surface area contributed by atoms with Crippen LogP contribution in [0, 0.1) is 25.6 Å². The second kappa shape index (κ2) is 13.7. The number of amides is 1. The number of halogens is 1. The molecule has 2 N–H and O–H groups in total. The molecule has 3 aromatic rings. The van der Waals surface area contributed by atoms with Crippen molar-refractivity contribution in [2.75, 3.05) is 6.54 Å². The first kappa shape index (κ1) is 27.3. The average Bonchev–Trinajstić information content (AvgIpc) is 3.27. The third-order valence-corrected chi connectivity index (χ3v) is 6.12. The summed E-state index contributed by atoms with van der Waals surface area (Å²) in [4.78, 5) is 20.4. The molecule has 1 aliphatic rings. The molecule has 5 heteroatoms. The third-order valence-electron chi connectivity index (χ3n) is 6.12. The Kier molecular flexibility index (Phi) is 11.0. The predicted octanol–water partition coefficient (Wildman–Crippen LogP) is 7.59. The molecule has 1 fully saturated rings. The molecule has 2 heterocycles. The predicted molar refractivity (Wildman–Crippen MR) is 140 cm³/mol.